The first-order valence-electron chi connectivity index (χ1n) is 6.63. The van der Waals surface area contributed by atoms with Crippen molar-refractivity contribution in [3.63, 3.8) is 0 Å². The third kappa shape index (κ3) is 2.32. The van der Waals surface area contributed by atoms with Crippen LogP contribution < -0.4 is 0 Å². The summed E-state index contributed by atoms with van der Waals surface area (Å²) in [5, 5.41) is 0. The van der Waals surface area contributed by atoms with E-state index >= 15 is 0 Å². The molecule has 2 aromatic rings. The van der Waals surface area contributed by atoms with Gasteiger partial charge in [-0.1, -0.05) is 30.3 Å². The zero-order valence-electron chi connectivity index (χ0n) is 11.4. The van der Waals surface area contributed by atoms with Crippen LogP contribution in [0.25, 0.3) is 0 Å². The summed E-state index contributed by atoms with van der Waals surface area (Å²) in [6.45, 7) is 1.35. The lowest BCUT2D eigenvalue weighted by Gasteiger charge is -2.36. The Morgan fingerprint density at radius 2 is 2.20 bits per heavy atom. The van der Waals surface area contributed by atoms with Crippen LogP contribution in [0.2, 0.25) is 0 Å². The molecule has 0 spiro atoms. The predicted octanol–water partition coefficient (Wildman–Crippen LogP) is 1.61. The van der Waals surface area contributed by atoms with Crippen LogP contribution in [0.3, 0.4) is 0 Å². The molecule has 104 valence electrons. The molecule has 0 fully saturated rings. The van der Waals surface area contributed by atoms with Gasteiger partial charge < -0.3 is 14.2 Å². The minimum atomic E-state index is -0.00407. The quantitative estimate of drug-likeness (QED) is 0.852. The molecule has 0 radical (unpaired) electrons. The second kappa shape index (κ2) is 5.46. The molecule has 1 unspecified atom stereocenters. The maximum Gasteiger partial charge on any atom is 0.249 e. The number of amides is 1. The van der Waals surface area contributed by atoms with E-state index in [1.165, 1.54) is 0 Å². The average Bonchev–Trinajstić information content (AvgIpc) is 2.94. The molecule has 2 heterocycles. The van der Waals surface area contributed by atoms with Gasteiger partial charge in [0.1, 0.15) is 12.4 Å². The van der Waals surface area contributed by atoms with Crippen molar-refractivity contribution in [2.45, 2.75) is 19.1 Å². The normalized spacial score (nSPS) is 17.9. The summed E-state index contributed by atoms with van der Waals surface area (Å²) in [6.07, 6.45) is 3.74. The van der Waals surface area contributed by atoms with Crippen LogP contribution in [-0.4, -0.2) is 34.1 Å². The number of aromatic nitrogens is 2. The van der Waals surface area contributed by atoms with E-state index in [1.807, 2.05) is 29.3 Å². The van der Waals surface area contributed by atoms with Crippen LogP contribution in [0.1, 0.15) is 17.4 Å². The minimum absolute atomic E-state index is 0.00407. The van der Waals surface area contributed by atoms with Crippen LogP contribution in [0.4, 0.5) is 0 Å². The molecule has 1 aromatic carbocycles. The van der Waals surface area contributed by atoms with Crippen LogP contribution in [0.5, 0.6) is 0 Å². The summed E-state index contributed by atoms with van der Waals surface area (Å²) < 4.78 is 7.10. The minimum Gasteiger partial charge on any atom is -0.375 e. The van der Waals surface area contributed by atoms with Crippen LogP contribution in [-0.2, 0) is 22.6 Å². The lowest BCUT2D eigenvalue weighted by Crippen LogP contribution is -2.42. The van der Waals surface area contributed by atoms with Gasteiger partial charge in [-0.25, -0.2) is 4.98 Å². The number of fused-ring (bicyclic) bond motifs is 1. The summed E-state index contributed by atoms with van der Waals surface area (Å²) in [7, 11) is 1.54. The summed E-state index contributed by atoms with van der Waals surface area (Å²) in [6, 6.07) is 10.1. The van der Waals surface area contributed by atoms with E-state index in [4.69, 9.17) is 4.74 Å². The zero-order chi connectivity index (χ0) is 13.9. The Hall–Kier alpha value is -2.14. The summed E-state index contributed by atoms with van der Waals surface area (Å²) in [5.74, 6) is 0.914. The number of ether oxygens (including phenoxy) is 1. The van der Waals surface area contributed by atoms with E-state index < -0.39 is 0 Å². The fraction of sp³-hybridized carbons (Fsp3) is 0.333. The van der Waals surface area contributed by atoms with Gasteiger partial charge in [-0.15, -0.1) is 0 Å². The first-order valence-corrected chi connectivity index (χ1v) is 6.63. The molecule has 1 aromatic heterocycles. The maximum atomic E-state index is 12.3. The third-order valence-electron chi connectivity index (χ3n) is 3.63. The molecule has 0 saturated carbocycles. The molecule has 3 rings (SSSR count). The Balaban J connectivity index is 1.94. The Bertz CT molecular complexity index is 594. The van der Waals surface area contributed by atoms with Gasteiger partial charge in [-0.05, 0) is 5.56 Å². The van der Waals surface area contributed by atoms with Crippen molar-refractivity contribution in [1.82, 2.24) is 14.5 Å². The molecule has 5 heteroatoms. The van der Waals surface area contributed by atoms with Crippen LogP contribution >= 0.6 is 0 Å². The van der Waals surface area contributed by atoms with Gasteiger partial charge in [0.15, 0.2) is 0 Å². The predicted molar refractivity (Wildman–Crippen MR) is 73.8 cm³/mol. The van der Waals surface area contributed by atoms with E-state index in [-0.39, 0.29) is 18.6 Å². The largest absolute Gasteiger partial charge is 0.375 e. The summed E-state index contributed by atoms with van der Waals surface area (Å²) in [5.41, 5.74) is 1.14. The van der Waals surface area contributed by atoms with Crippen LogP contribution in [0, 0.1) is 0 Å². The topological polar surface area (TPSA) is 47.4 Å². The fourth-order valence-electron chi connectivity index (χ4n) is 2.63. The van der Waals surface area contributed by atoms with Gasteiger partial charge in [-0.2, -0.15) is 0 Å². The number of imidazole rings is 1. The summed E-state index contributed by atoms with van der Waals surface area (Å²) >= 11 is 0. The second-order valence-electron chi connectivity index (χ2n) is 4.88. The van der Waals surface area contributed by atoms with Crippen molar-refractivity contribution >= 4 is 5.91 Å². The van der Waals surface area contributed by atoms with Gasteiger partial charge in [0.25, 0.3) is 0 Å². The number of carbonyl (C=O) groups is 1. The number of hydrogen-bond donors (Lipinski definition) is 0. The molecule has 1 aliphatic heterocycles. The Morgan fingerprint density at radius 1 is 1.40 bits per heavy atom. The first-order chi connectivity index (χ1) is 9.79. The number of methoxy groups -OCH3 is 1. The maximum absolute atomic E-state index is 12.3. The molecule has 20 heavy (non-hydrogen) atoms. The molecular formula is C15H17N3O2. The Labute approximate surface area is 117 Å². The highest BCUT2D eigenvalue weighted by atomic mass is 16.5. The lowest BCUT2D eigenvalue weighted by molar-refractivity contribution is -0.139. The molecule has 0 aliphatic carbocycles. The van der Waals surface area contributed by atoms with Gasteiger partial charge in [0.05, 0.1) is 12.6 Å². The standard InChI is InChI=1S/C15H17N3O2/c1-20-11-15(19)18-10-14-16-7-8-17(14)9-13(18)12-5-3-2-4-6-12/h2-8,13H,9-11H2,1H3. The van der Waals surface area contributed by atoms with Crippen molar-refractivity contribution in [2.24, 2.45) is 0 Å². The number of benzene rings is 1. The second-order valence-corrected chi connectivity index (χ2v) is 4.88. The van der Waals surface area contributed by atoms with Crippen LogP contribution in [0.15, 0.2) is 42.7 Å². The number of nitrogens with zero attached hydrogens (tertiary/aromatic N) is 3. The van der Waals surface area contributed by atoms with Crippen molar-refractivity contribution < 1.29 is 9.53 Å². The van der Waals surface area contributed by atoms with Crippen molar-refractivity contribution in [3.05, 3.63) is 54.1 Å². The fourth-order valence-corrected chi connectivity index (χ4v) is 2.63. The van der Waals surface area contributed by atoms with Gasteiger partial charge in [0, 0.05) is 26.0 Å². The zero-order valence-corrected chi connectivity index (χ0v) is 11.4. The Morgan fingerprint density at radius 3 is 2.95 bits per heavy atom. The van der Waals surface area contributed by atoms with Gasteiger partial charge >= 0.3 is 0 Å². The smallest absolute Gasteiger partial charge is 0.249 e. The Kier molecular flexibility index (Phi) is 3.52. The van der Waals surface area contributed by atoms with E-state index in [0.717, 1.165) is 17.9 Å². The molecule has 1 atom stereocenters. The van der Waals surface area contributed by atoms with E-state index in [1.54, 1.807) is 13.3 Å². The average molecular weight is 271 g/mol. The molecule has 1 amide bonds. The monoisotopic (exact) mass is 271 g/mol. The first kappa shape index (κ1) is 12.9. The van der Waals surface area contributed by atoms with Gasteiger partial charge in [-0.3, -0.25) is 4.79 Å². The highest BCUT2D eigenvalue weighted by molar-refractivity contribution is 5.78. The van der Waals surface area contributed by atoms with Gasteiger partial charge in [0.2, 0.25) is 5.91 Å². The lowest BCUT2D eigenvalue weighted by atomic mass is 10.0. The molecular weight excluding hydrogens is 254 g/mol. The summed E-state index contributed by atoms with van der Waals surface area (Å²) in [4.78, 5) is 18.4. The molecule has 0 saturated heterocycles. The van der Waals surface area contributed by atoms with Crippen molar-refractivity contribution in [3.8, 4) is 0 Å². The van der Waals surface area contributed by atoms with E-state index in [9.17, 15) is 4.79 Å². The third-order valence-corrected chi connectivity index (χ3v) is 3.63. The van der Waals surface area contributed by atoms with E-state index in [2.05, 4.69) is 21.7 Å². The highest BCUT2D eigenvalue weighted by Crippen LogP contribution is 2.29. The highest BCUT2D eigenvalue weighted by Gasteiger charge is 2.31. The number of carbonyl (C=O) groups excluding carboxylic acids is 1. The molecule has 5 nitrogen and oxygen atoms in total. The molecule has 0 bridgehead atoms. The molecule has 0 N–H and O–H groups in total. The van der Waals surface area contributed by atoms with Crippen molar-refractivity contribution in [2.75, 3.05) is 13.7 Å². The number of rotatable bonds is 3. The molecule has 1 aliphatic rings. The van der Waals surface area contributed by atoms with Crippen molar-refractivity contribution in [1.29, 1.82) is 0 Å². The van der Waals surface area contributed by atoms with E-state index in [0.29, 0.717) is 6.54 Å². The number of hydrogen-bond acceptors (Lipinski definition) is 3. The SMILES string of the molecule is COCC(=O)N1Cc2nccn2CC1c1ccccc1.